The van der Waals surface area contributed by atoms with Crippen LogP contribution in [0.4, 0.5) is 5.69 Å². The Kier molecular flexibility index (Phi) is 7.07. The lowest BCUT2D eigenvalue weighted by Crippen LogP contribution is -2.54. The quantitative estimate of drug-likeness (QED) is 0.393. The molecule has 1 N–H and O–H groups in total. The van der Waals surface area contributed by atoms with E-state index in [4.69, 9.17) is 23.2 Å². The minimum atomic E-state index is -1.40. The van der Waals surface area contributed by atoms with Gasteiger partial charge in [0.25, 0.3) is 5.91 Å². The molecule has 1 atom stereocenters. The highest BCUT2D eigenvalue weighted by molar-refractivity contribution is 7.19. The molecule has 1 fully saturated rings. The summed E-state index contributed by atoms with van der Waals surface area (Å²) in [7, 11) is 0. The van der Waals surface area contributed by atoms with Gasteiger partial charge in [-0.3, -0.25) is 9.59 Å². The Balaban J connectivity index is 1.60. The third-order valence-corrected chi connectivity index (χ3v) is 9.16. The van der Waals surface area contributed by atoms with E-state index in [1.807, 2.05) is 25.1 Å². The van der Waals surface area contributed by atoms with Gasteiger partial charge in [0.05, 0.1) is 10.7 Å². The van der Waals surface area contributed by atoms with E-state index < -0.39 is 5.54 Å². The van der Waals surface area contributed by atoms with Crippen molar-refractivity contribution in [3.05, 3.63) is 62.4 Å². The molecule has 1 saturated heterocycles. The maximum absolute atomic E-state index is 14.2. The van der Waals surface area contributed by atoms with Gasteiger partial charge in [-0.2, -0.15) is 0 Å². The zero-order valence-electron chi connectivity index (χ0n) is 20.9. The lowest BCUT2D eigenvalue weighted by molar-refractivity contribution is -0.130. The maximum Gasteiger partial charge on any atom is 0.262 e. The van der Waals surface area contributed by atoms with Crippen LogP contribution in [-0.4, -0.2) is 42.9 Å². The number of carbonyl (C=O) groups is 2. The van der Waals surface area contributed by atoms with Crippen molar-refractivity contribution in [2.75, 3.05) is 31.1 Å². The molecule has 2 aliphatic rings. The van der Waals surface area contributed by atoms with Crippen LogP contribution in [0, 0.1) is 12.8 Å². The number of amides is 2. The second-order valence-corrected chi connectivity index (χ2v) is 12.0. The fourth-order valence-corrected chi connectivity index (χ4v) is 7.30. The average molecular weight is 545 g/mol. The number of thiophene rings is 1. The molecule has 8 heteroatoms. The number of anilines is 1. The number of benzene rings is 2. The Labute approximate surface area is 226 Å². The molecule has 2 amide bonds. The van der Waals surface area contributed by atoms with Gasteiger partial charge in [-0.25, -0.2) is 0 Å². The number of piperidine rings is 1. The summed E-state index contributed by atoms with van der Waals surface area (Å²) in [5.74, 6) is -0.0368. The molecule has 190 valence electrons. The first-order valence-corrected chi connectivity index (χ1v) is 14.2. The second-order valence-electron chi connectivity index (χ2n) is 9.82. The zero-order valence-corrected chi connectivity index (χ0v) is 23.2. The predicted octanol–water partition coefficient (Wildman–Crippen LogP) is 6.36. The van der Waals surface area contributed by atoms with Gasteiger partial charge in [-0.05, 0) is 93.5 Å². The van der Waals surface area contributed by atoms with Crippen molar-refractivity contribution < 1.29 is 9.59 Å². The fourth-order valence-electron chi connectivity index (χ4n) is 5.77. The number of likely N-dealkylation sites (N-methyl/N-ethyl adjacent to an activating group) is 1. The molecule has 0 bridgehead atoms. The van der Waals surface area contributed by atoms with Crippen LogP contribution >= 0.6 is 34.5 Å². The molecular formula is C28H31Cl2N3O2S. The Hall–Kier alpha value is -2.12. The van der Waals surface area contributed by atoms with E-state index in [2.05, 4.69) is 30.1 Å². The lowest BCUT2D eigenvalue weighted by Gasteiger charge is -2.33. The van der Waals surface area contributed by atoms with Gasteiger partial charge in [0.1, 0.15) is 0 Å². The molecule has 2 aromatic carbocycles. The Morgan fingerprint density at radius 3 is 2.56 bits per heavy atom. The smallest absolute Gasteiger partial charge is 0.262 e. The molecule has 1 unspecified atom stereocenters. The van der Waals surface area contributed by atoms with Crippen LogP contribution in [-0.2, 0) is 15.1 Å². The van der Waals surface area contributed by atoms with E-state index in [0.29, 0.717) is 45.7 Å². The highest BCUT2D eigenvalue weighted by atomic mass is 35.5. The van der Waals surface area contributed by atoms with E-state index in [1.165, 1.54) is 4.88 Å². The van der Waals surface area contributed by atoms with Gasteiger partial charge in [0.2, 0.25) is 5.91 Å². The Morgan fingerprint density at radius 2 is 1.86 bits per heavy atom. The Morgan fingerprint density at radius 1 is 1.11 bits per heavy atom. The first-order valence-electron chi connectivity index (χ1n) is 12.6. The summed E-state index contributed by atoms with van der Waals surface area (Å²) in [6.45, 7) is 9.64. The van der Waals surface area contributed by atoms with Gasteiger partial charge in [0.15, 0.2) is 5.54 Å². The molecular weight excluding hydrogens is 513 g/mol. The second kappa shape index (κ2) is 9.97. The molecule has 36 heavy (non-hydrogen) atoms. The van der Waals surface area contributed by atoms with Crippen LogP contribution in [0.5, 0.6) is 0 Å². The number of hydrogen-bond acceptors (Lipinski definition) is 4. The van der Waals surface area contributed by atoms with Crippen molar-refractivity contribution in [3.63, 3.8) is 0 Å². The standard InChI is InChI=1S/C28H31Cl2N3O2S/c1-4-32-10-8-18(9-11-32)13-25(34)31-28(20-6-7-24-19(14-20)12-17(3)36-24)26-22(30)15-21(29)16-23(26)33(5-2)27(28)35/h6-7,12,14-16,18H,4-5,8-11,13H2,1-3H3,(H,31,34). The van der Waals surface area contributed by atoms with Crippen LogP contribution in [0.1, 0.15) is 49.1 Å². The summed E-state index contributed by atoms with van der Waals surface area (Å²) in [5, 5.41) is 5.09. The highest BCUT2D eigenvalue weighted by Crippen LogP contribution is 2.50. The van der Waals surface area contributed by atoms with Crippen LogP contribution in [0.15, 0.2) is 36.4 Å². The number of rotatable bonds is 6. The number of aryl methyl sites for hydroxylation is 1. The van der Waals surface area contributed by atoms with Crippen LogP contribution in [0.3, 0.4) is 0 Å². The third-order valence-electron chi connectivity index (χ3n) is 7.61. The fraction of sp³-hybridized carbons (Fsp3) is 0.429. The van der Waals surface area contributed by atoms with Crippen LogP contribution < -0.4 is 10.2 Å². The third kappa shape index (κ3) is 4.32. The highest BCUT2D eigenvalue weighted by Gasteiger charge is 2.54. The van der Waals surface area contributed by atoms with Gasteiger partial charge >= 0.3 is 0 Å². The van der Waals surface area contributed by atoms with Crippen molar-refractivity contribution in [1.82, 2.24) is 10.2 Å². The normalized spacial score (nSPS) is 20.8. The first-order chi connectivity index (χ1) is 17.3. The SMILES string of the molecule is CCN1CCC(CC(=O)NC2(c3ccc4sc(C)cc4c3)C(=O)N(CC)c3cc(Cl)cc(Cl)c32)CC1. The topological polar surface area (TPSA) is 52.7 Å². The molecule has 5 rings (SSSR count). The number of fused-ring (bicyclic) bond motifs is 2. The van der Waals surface area contributed by atoms with Crippen molar-refractivity contribution in [3.8, 4) is 0 Å². The van der Waals surface area contributed by atoms with Crippen LogP contribution in [0.2, 0.25) is 10.0 Å². The molecule has 3 heterocycles. The molecule has 0 aliphatic carbocycles. The summed E-state index contributed by atoms with van der Waals surface area (Å²) >= 11 is 14.9. The summed E-state index contributed by atoms with van der Waals surface area (Å²) in [6, 6.07) is 11.5. The van der Waals surface area contributed by atoms with E-state index >= 15 is 0 Å². The van der Waals surface area contributed by atoms with Gasteiger partial charge in [-0.15, -0.1) is 11.3 Å². The summed E-state index contributed by atoms with van der Waals surface area (Å²) in [4.78, 5) is 33.1. The van der Waals surface area contributed by atoms with E-state index in [0.717, 1.165) is 42.6 Å². The monoisotopic (exact) mass is 543 g/mol. The number of hydrogen-bond donors (Lipinski definition) is 1. The molecule has 0 radical (unpaired) electrons. The largest absolute Gasteiger partial charge is 0.334 e. The van der Waals surface area contributed by atoms with Crippen molar-refractivity contribution in [1.29, 1.82) is 0 Å². The molecule has 1 aromatic heterocycles. The predicted molar refractivity (Wildman–Crippen MR) is 149 cm³/mol. The van der Waals surface area contributed by atoms with Gasteiger partial charge in [0, 0.05) is 33.1 Å². The van der Waals surface area contributed by atoms with Gasteiger partial charge in [-0.1, -0.05) is 36.2 Å². The number of carbonyl (C=O) groups excluding carboxylic acids is 2. The van der Waals surface area contributed by atoms with Crippen molar-refractivity contribution in [2.45, 2.75) is 45.6 Å². The number of halogens is 2. The first kappa shape index (κ1) is 25.5. The van der Waals surface area contributed by atoms with Gasteiger partial charge < -0.3 is 15.1 Å². The summed E-state index contributed by atoms with van der Waals surface area (Å²) < 4.78 is 1.14. The maximum atomic E-state index is 14.2. The number of nitrogens with zero attached hydrogens (tertiary/aromatic N) is 2. The molecule has 0 saturated carbocycles. The van der Waals surface area contributed by atoms with Crippen molar-refractivity contribution in [2.24, 2.45) is 5.92 Å². The van der Waals surface area contributed by atoms with E-state index in [-0.39, 0.29) is 11.8 Å². The molecule has 5 nitrogen and oxygen atoms in total. The molecule has 2 aliphatic heterocycles. The number of likely N-dealkylation sites (tertiary alicyclic amines) is 1. The average Bonchev–Trinajstić information content (AvgIpc) is 3.33. The lowest BCUT2D eigenvalue weighted by atomic mass is 9.82. The molecule has 0 spiro atoms. The van der Waals surface area contributed by atoms with Crippen molar-refractivity contribution >= 4 is 62.1 Å². The molecule has 3 aromatic rings. The minimum absolute atomic E-state index is 0.130. The van der Waals surface area contributed by atoms with Crippen LogP contribution in [0.25, 0.3) is 10.1 Å². The zero-order chi connectivity index (χ0) is 25.6. The summed E-state index contributed by atoms with van der Waals surface area (Å²) in [5.41, 5.74) is 0.561. The number of nitrogens with one attached hydrogen (secondary N) is 1. The Bertz CT molecular complexity index is 1330. The van der Waals surface area contributed by atoms with E-state index in [9.17, 15) is 9.59 Å². The summed E-state index contributed by atoms with van der Waals surface area (Å²) in [6.07, 6.45) is 2.35. The minimum Gasteiger partial charge on any atom is -0.334 e. The van der Waals surface area contributed by atoms with E-state index in [1.54, 1.807) is 28.4 Å².